The SMILES string of the molecule is CCCC1NC(=O)N(C2CCOC2)C1=O. The Bertz CT molecular complexity index is 274. The van der Waals surface area contributed by atoms with Crippen molar-refractivity contribution in [2.24, 2.45) is 0 Å². The third-order valence-corrected chi connectivity index (χ3v) is 2.90. The van der Waals surface area contributed by atoms with Crippen molar-refractivity contribution in [3.8, 4) is 0 Å². The van der Waals surface area contributed by atoms with E-state index in [1.807, 2.05) is 6.92 Å². The molecule has 2 heterocycles. The van der Waals surface area contributed by atoms with Gasteiger partial charge in [0.1, 0.15) is 6.04 Å². The van der Waals surface area contributed by atoms with Crippen LogP contribution in [-0.4, -0.2) is 42.1 Å². The molecule has 5 heteroatoms. The summed E-state index contributed by atoms with van der Waals surface area (Å²) in [6, 6.07) is -0.628. The first kappa shape index (κ1) is 10.4. The molecule has 3 amide bonds. The van der Waals surface area contributed by atoms with Crippen LogP contribution in [0.5, 0.6) is 0 Å². The minimum Gasteiger partial charge on any atom is -0.379 e. The van der Waals surface area contributed by atoms with Gasteiger partial charge in [-0.1, -0.05) is 13.3 Å². The molecule has 2 unspecified atom stereocenters. The van der Waals surface area contributed by atoms with Gasteiger partial charge in [0.25, 0.3) is 5.91 Å². The first-order valence-corrected chi connectivity index (χ1v) is 5.45. The van der Waals surface area contributed by atoms with Crippen LogP contribution in [0.2, 0.25) is 0 Å². The molecule has 0 radical (unpaired) electrons. The lowest BCUT2D eigenvalue weighted by Gasteiger charge is -2.18. The van der Waals surface area contributed by atoms with Crippen molar-refractivity contribution in [2.45, 2.75) is 38.3 Å². The van der Waals surface area contributed by atoms with Crippen LogP contribution in [0.4, 0.5) is 4.79 Å². The number of carbonyl (C=O) groups excluding carboxylic acids is 2. The Morgan fingerprint density at radius 1 is 1.53 bits per heavy atom. The molecular weight excluding hydrogens is 196 g/mol. The second-order valence-electron chi connectivity index (χ2n) is 4.02. The summed E-state index contributed by atoms with van der Waals surface area (Å²) in [6.45, 7) is 3.12. The molecule has 0 bridgehead atoms. The van der Waals surface area contributed by atoms with E-state index in [2.05, 4.69) is 5.32 Å². The number of hydrogen-bond donors (Lipinski definition) is 1. The second kappa shape index (κ2) is 4.18. The second-order valence-corrected chi connectivity index (χ2v) is 4.02. The summed E-state index contributed by atoms with van der Waals surface area (Å²) in [4.78, 5) is 24.8. The highest BCUT2D eigenvalue weighted by atomic mass is 16.5. The van der Waals surface area contributed by atoms with Crippen molar-refractivity contribution in [1.82, 2.24) is 10.2 Å². The van der Waals surface area contributed by atoms with E-state index in [9.17, 15) is 9.59 Å². The number of amides is 3. The molecule has 1 N–H and O–H groups in total. The van der Waals surface area contributed by atoms with Crippen LogP contribution in [0.1, 0.15) is 26.2 Å². The predicted molar refractivity (Wildman–Crippen MR) is 53.3 cm³/mol. The van der Waals surface area contributed by atoms with Gasteiger partial charge in [0.15, 0.2) is 0 Å². The fraction of sp³-hybridized carbons (Fsp3) is 0.800. The normalized spacial score (nSPS) is 31.1. The van der Waals surface area contributed by atoms with Gasteiger partial charge in [0.2, 0.25) is 0 Å². The van der Waals surface area contributed by atoms with Crippen molar-refractivity contribution < 1.29 is 14.3 Å². The van der Waals surface area contributed by atoms with Gasteiger partial charge < -0.3 is 10.1 Å². The Balaban J connectivity index is 2.05. The zero-order valence-electron chi connectivity index (χ0n) is 8.86. The maximum atomic E-state index is 11.9. The Labute approximate surface area is 88.8 Å². The van der Waals surface area contributed by atoms with Gasteiger partial charge >= 0.3 is 6.03 Å². The summed E-state index contributed by atoms with van der Waals surface area (Å²) in [5.74, 6) is -0.0858. The molecule has 15 heavy (non-hydrogen) atoms. The van der Waals surface area contributed by atoms with Crippen molar-refractivity contribution >= 4 is 11.9 Å². The lowest BCUT2D eigenvalue weighted by atomic mass is 10.1. The Morgan fingerprint density at radius 2 is 2.33 bits per heavy atom. The summed E-state index contributed by atoms with van der Waals surface area (Å²) in [6.07, 6.45) is 2.37. The molecule has 0 saturated carbocycles. The van der Waals surface area contributed by atoms with Gasteiger partial charge in [-0.25, -0.2) is 4.79 Å². The topological polar surface area (TPSA) is 58.6 Å². The van der Waals surface area contributed by atoms with Gasteiger partial charge in [0.05, 0.1) is 12.6 Å². The van der Waals surface area contributed by atoms with Crippen molar-refractivity contribution in [3.05, 3.63) is 0 Å². The lowest BCUT2D eigenvalue weighted by molar-refractivity contribution is -0.129. The van der Waals surface area contributed by atoms with E-state index in [0.29, 0.717) is 19.6 Å². The molecule has 0 aromatic carbocycles. The molecule has 2 fully saturated rings. The number of ether oxygens (including phenoxy) is 1. The molecule has 2 aliphatic rings. The first-order valence-electron chi connectivity index (χ1n) is 5.45. The van der Waals surface area contributed by atoms with E-state index in [0.717, 1.165) is 12.8 Å². The van der Waals surface area contributed by atoms with Gasteiger partial charge in [0, 0.05) is 6.61 Å². The molecule has 2 rings (SSSR count). The third-order valence-electron chi connectivity index (χ3n) is 2.90. The van der Waals surface area contributed by atoms with E-state index in [1.165, 1.54) is 4.90 Å². The summed E-state index contributed by atoms with van der Waals surface area (Å²) in [7, 11) is 0. The van der Waals surface area contributed by atoms with Crippen LogP contribution in [0.3, 0.4) is 0 Å². The average molecular weight is 212 g/mol. The molecule has 5 nitrogen and oxygen atoms in total. The maximum Gasteiger partial charge on any atom is 0.325 e. The monoisotopic (exact) mass is 212 g/mol. The van der Waals surface area contributed by atoms with Crippen LogP contribution in [0, 0.1) is 0 Å². The highest BCUT2D eigenvalue weighted by Gasteiger charge is 2.42. The standard InChI is InChI=1S/C10H16N2O3/c1-2-3-8-9(13)12(10(14)11-8)7-4-5-15-6-7/h7-8H,2-6H2,1H3,(H,11,14). The predicted octanol–water partition coefficient (Wildman–Crippen LogP) is 0.496. The minimum atomic E-state index is -0.317. The van der Waals surface area contributed by atoms with E-state index in [1.54, 1.807) is 0 Å². The van der Waals surface area contributed by atoms with Gasteiger partial charge in [-0.2, -0.15) is 0 Å². The Hall–Kier alpha value is -1.10. The fourth-order valence-electron chi connectivity index (χ4n) is 2.10. The smallest absolute Gasteiger partial charge is 0.325 e. The van der Waals surface area contributed by atoms with Crippen LogP contribution >= 0.6 is 0 Å². The van der Waals surface area contributed by atoms with Crippen LogP contribution < -0.4 is 5.32 Å². The summed E-state index contributed by atoms with van der Waals surface area (Å²) in [5, 5.41) is 2.71. The van der Waals surface area contributed by atoms with E-state index in [-0.39, 0.29) is 24.0 Å². The quantitative estimate of drug-likeness (QED) is 0.693. The van der Waals surface area contributed by atoms with E-state index < -0.39 is 0 Å². The van der Waals surface area contributed by atoms with E-state index >= 15 is 0 Å². The number of nitrogens with one attached hydrogen (secondary N) is 1. The number of hydrogen-bond acceptors (Lipinski definition) is 3. The maximum absolute atomic E-state index is 11.9. The molecule has 0 aliphatic carbocycles. The van der Waals surface area contributed by atoms with Crippen molar-refractivity contribution in [2.75, 3.05) is 13.2 Å². The zero-order chi connectivity index (χ0) is 10.8. The van der Waals surface area contributed by atoms with Gasteiger partial charge in [-0.3, -0.25) is 9.69 Å². The van der Waals surface area contributed by atoms with Crippen LogP contribution in [0.25, 0.3) is 0 Å². The molecule has 0 aromatic heterocycles. The van der Waals surface area contributed by atoms with Gasteiger partial charge in [-0.05, 0) is 12.8 Å². The highest BCUT2D eigenvalue weighted by molar-refractivity contribution is 6.04. The molecule has 2 atom stereocenters. The van der Waals surface area contributed by atoms with Crippen LogP contribution in [-0.2, 0) is 9.53 Å². The zero-order valence-corrected chi connectivity index (χ0v) is 8.86. The number of urea groups is 1. The largest absolute Gasteiger partial charge is 0.379 e. The van der Waals surface area contributed by atoms with Crippen molar-refractivity contribution in [1.29, 1.82) is 0 Å². The summed E-state index contributed by atoms with van der Waals surface area (Å²) < 4.78 is 5.19. The Morgan fingerprint density at radius 3 is 2.93 bits per heavy atom. The molecule has 0 aromatic rings. The highest BCUT2D eigenvalue weighted by Crippen LogP contribution is 2.19. The molecular formula is C10H16N2O3. The number of nitrogens with zero attached hydrogens (tertiary/aromatic N) is 1. The number of rotatable bonds is 3. The average Bonchev–Trinajstić information content (AvgIpc) is 2.77. The van der Waals surface area contributed by atoms with Crippen molar-refractivity contribution in [3.63, 3.8) is 0 Å². The molecule has 0 spiro atoms. The molecule has 84 valence electrons. The lowest BCUT2D eigenvalue weighted by Crippen LogP contribution is -2.41. The summed E-state index contributed by atoms with van der Waals surface area (Å²) >= 11 is 0. The van der Waals surface area contributed by atoms with E-state index in [4.69, 9.17) is 4.74 Å². The first-order chi connectivity index (χ1) is 7.24. The van der Waals surface area contributed by atoms with Crippen LogP contribution in [0.15, 0.2) is 0 Å². The molecule has 2 aliphatic heterocycles. The fourth-order valence-corrected chi connectivity index (χ4v) is 2.10. The van der Waals surface area contributed by atoms with Gasteiger partial charge in [-0.15, -0.1) is 0 Å². The number of imide groups is 1. The third kappa shape index (κ3) is 1.84. The Kier molecular flexibility index (Phi) is 2.90. The molecule has 2 saturated heterocycles. The summed E-state index contributed by atoms with van der Waals surface area (Å²) in [5.41, 5.74) is 0. The minimum absolute atomic E-state index is 0.0562. The number of carbonyl (C=O) groups is 2.